The molecule has 192 valence electrons. The number of morpholine rings is 1. The smallest absolute Gasteiger partial charge is 0.323 e. The van der Waals surface area contributed by atoms with E-state index in [1.54, 1.807) is 6.20 Å². The number of fused-ring (bicyclic) bond motifs is 10. The molecular formula is C26H29N7O3S. The van der Waals surface area contributed by atoms with Crippen molar-refractivity contribution in [3.63, 3.8) is 0 Å². The number of aromatic nitrogens is 4. The Labute approximate surface area is 214 Å². The van der Waals surface area contributed by atoms with E-state index in [-0.39, 0.29) is 6.04 Å². The van der Waals surface area contributed by atoms with Crippen LogP contribution in [0.5, 0.6) is 0 Å². The minimum Gasteiger partial charge on any atom is -0.382 e. The molecule has 2 aromatic heterocycles. The van der Waals surface area contributed by atoms with Crippen LogP contribution < -0.4 is 11.1 Å². The molecule has 0 spiro atoms. The molecule has 2 saturated carbocycles. The molecule has 37 heavy (non-hydrogen) atoms. The minimum atomic E-state index is -3.76. The molecule has 11 heteroatoms. The number of nitrogens with zero attached hydrogens (tertiary/aromatic N) is 4. The summed E-state index contributed by atoms with van der Waals surface area (Å²) in [5, 5.41) is 17.4. The number of nitrogen functional groups attached to an aromatic ring is 1. The number of nitrogens with one attached hydrogen (secondary N) is 2. The van der Waals surface area contributed by atoms with Crippen LogP contribution >= 0.6 is 0 Å². The summed E-state index contributed by atoms with van der Waals surface area (Å²) < 4.78 is 35.0. The lowest BCUT2D eigenvalue weighted by atomic mass is 9.67. The fraction of sp³-hybridized carbons (Fsp3) is 0.462. The molecule has 4 aromatic rings. The summed E-state index contributed by atoms with van der Waals surface area (Å²) >= 11 is 0. The van der Waals surface area contributed by atoms with Gasteiger partial charge in [0.05, 0.1) is 36.5 Å². The Bertz CT molecular complexity index is 1660. The lowest BCUT2D eigenvalue weighted by molar-refractivity contribution is 0.0724. The highest BCUT2D eigenvalue weighted by molar-refractivity contribution is 7.87. The van der Waals surface area contributed by atoms with E-state index in [2.05, 4.69) is 38.8 Å². The molecule has 2 aliphatic carbocycles. The van der Waals surface area contributed by atoms with Crippen LogP contribution in [0.4, 0.5) is 11.5 Å². The van der Waals surface area contributed by atoms with Gasteiger partial charge in [0.1, 0.15) is 0 Å². The van der Waals surface area contributed by atoms with Gasteiger partial charge >= 0.3 is 10.2 Å². The van der Waals surface area contributed by atoms with Gasteiger partial charge in [-0.25, -0.2) is 0 Å². The van der Waals surface area contributed by atoms with Gasteiger partial charge in [-0.15, -0.1) is 4.09 Å². The van der Waals surface area contributed by atoms with E-state index in [0.29, 0.717) is 61.3 Å². The highest BCUT2D eigenvalue weighted by Gasteiger charge is 2.54. The highest BCUT2D eigenvalue weighted by Crippen LogP contribution is 2.64. The molecule has 4 aliphatic rings. The predicted octanol–water partition coefficient (Wildman–Crippen LogP) is 3.22. The molecule has 0 amide bonds. The van der Waals surface area contributed by atoms with Crippen LogP contribution in [0, 0.1) is 17.8 Å². The van der Waals surface area contributed by atoms with Crippen LogP contribution in [0.25, 0.3) is 21.8 Å². The van der Waals surface area contributed by atoms with E-state index < -0.39 is 10.2 Å². The minimum absolute atomic E-state index is 0.163. The first kappa shape index (κ1) is 21.9. The maximum atomic E-state index is 13.5. The van der Waals surface area contributed by atoms with Gasteiger partial charge in [0.25, 0.3) is 0 Å². The third-order valence-corrected chi connectivity index (χ3v) is 11.0. The lowest BCUT2D eigenvalue weighted by Crippen LogP contribution is -2.43. The first-order valence-corrected chi connectivity index (χ1v) is 14.5. The molecule has 3 fully saturated rings. The van der Waals surface area contributed by atoms with E-state index in [9.17, 15) is 8.42 Å². The van der Waals surface area contributed by atoms with Gasteiger partial charge in [-0.05, 0) is 78.3 Å². The third-order valence-electron chi connectivity index (χ3n) is 9.26. The molecule has 2 aliphatic heterocycles. The fourth-order valence-corrected chi connectivity index (χ4v) is 9.12. The molecule has 0 radical (unpaired) electrons. The van der Waals surface area contributed by atoms with Gasteiger partial charge < -0.3 is 15.8 Å². The number of rotatable bonds is 3. The van der Waals surface area contributed by atoms with Gasteiger partial charge in [-0.1, -0.05) is 6.07 Å². The molecule has 2 bridgehead atoms. The van der Waals surface area contributed by atoms with Gasteiger partial charge in [0.2, 0.25) is 0 Å². The zero-order chi connectivity index (χ0) is 24.9. The molecule has 1 saturated heterocycles. The molecule has 4 heterocycles. The molecule has 2 aromatic carbocycles. The van der Waals surface area contributed by atoms with Crippen molar-refractivity contribution >= 4 is 43.5 Å². The van der Waals surface area contributed by atoms with Gasteiger partial charge in [-0.3, -0.25) is 5.10 Å². The largest absolute Gasteiger partial charge is 0.382 e. The first-order chi connectivity index (χ1) is 18.0. The van der Waals surface area contributed by atoms with Crippen LogP contribution in [-0.2, 0) is 14.9 Å². The maximum absolute atomic E-state index is 13.5. The van der Waals surface area contributed by atoms with Crippen LogP contribution in [0.1, 0.15) is 42.3 Å². The van der Waals surface area contributed by atoms with E-state index in [1.165, 1.54) is 38.8 Å². The van der Waals surface area contributed by atoms with E-state index in [0.717, 1.165) is 22.0 Å². The number of anilines is 2. The Balaban J connectivity index is 1.26. The van der Waals surface area contributed by atoms with Crippen LogP contribution in [-0.4, -0.2) is 58.4 Å². The van der Waals surface area contributed by atoms with Crippen LogP contribution in [0.3, 0.4) is 0 Å². The number of aromatic amines is 1. The van der Waals surface area contributed by atoms with Crippen molar-refractivity contribution in [3.8, 4) is 0 Å². The zero-order valence-corrected chi connectivity index (χ0v) is 21.1. The summed E-state index contributed by atoms with van der Waals surface area (Å²) in [5.41, 5.74) is 11.3. The number of H-pyrrole nitrogens is 1. The third kappa shape index (κ3) is 3.01. The summed E-state index contributed by atoms with van der Waals surface area (Å²) in [5.74, 6) is 2.56. The molecule has 5 atom stereocenters. The van der Waals surface area contributed by atoms with Gasteiger partial charge in [-0.2, -0.15) is 22.9 Å². The second-order valence-electron chi connectivity index (χ2n) is 10.9. The number of benzene rings is 2. The predicted molar refractivity (Wildman–Crippen MR) is 140 cm³/mol. The van der Waals surface area contributed by atoms with Crippen molar-refractivity contribution in [2.45, 2.75) is 31.2 Å². The number of nitrogens with two attached hydrogens (primary N) is 1. The van der Waals surface area contributed by atoms with E-state index in [1.807, 2.05) is 12.1 Å². The Morgan fingerprint density at radius 1 is 1.05 bits per heavy atom. The fourth-order valence-electron chi connectivity index (χ4n) is 7.71. The van der Waals surface area contributed by atoms with Crippen molar-refractivity contribution in [2.75, 3.05) is 37.4 Å². The number of ether oxygens (including phenoxy) is 1. The van der Waals surface area contributed by atoms with Crippen molar-refractivity contribution < 1.29 is 13.2 Å². The molecule has 4 N–H and O–H groups in total. The highest BCUT2D eigenvalue weighted by atomic mass is 32.2. The second kappa shape index (κ2) is 7.68. The Kier molecular flexibility index (Phi) is 4.55. The number of hydrogen-bond donors (Lipinski definition) is 3. The zero-order valence-electron chi connectivity index (χ0n) is 20.3. The average molecular weight is 520 g/mol. The van der Waals surface area contributed by atoms with Crippen molar-refractivity contribution in [1.29, 1.82) is 0 Å². The summed E-state index contributed by atoms with van der Waals surface area (Å²) in [7, 11) is -3.76. The molecule has 8 rings (SSSR count). The van der Waals surface area contributed by atoms with Crippen molar-refractivity contribution in [2.24, 2.45) is 17.8 Å². The van der Waals surface area contributed by atoms with Crippen molar-refractivity contribution in [3.05, 3.63) is 47.7 Å². The van der Waals surface area contributed by atoms with Crippen molar-refractivity contribution in [1.82, 2.24) is 23.7 Å². The monoisotopic (exact) mass is 519 g/mol. The van der Waals surface area contributed by atoms with Gasteiger partial charge in [0.15, 0.2) is 5.82 Å². The summed E-state index contributed by atoms with van der Waals surface area (Å²) in [6, 6.07) is 10.5. The Hall–Kier alpha value is -3.15. The lowest BCUT2D eigenvalue weighted by Gasteiger charge is -2.43. The van der Waals surface area contributed by atoms with Crippen LogP contribution in [0.2, 0.25) is 0 Å². The van der Waals surface area contributed by atoms with Gasteiger partial charge in [0, 0.05) is 29.5 Å². The Morgan fingerprint density at radius 2 is 1.89 bits per heavy atom. The molecular weight excluding hydrogens is 490 g/mol. The normalized spacial score (nSPS) is 29.5. The second-order valence-corrected chi connectivity index (χ2v) is 12.7. The summed E-state index contributed by atoms with van der Waals surface area (Å²) in [4.78, 5) is 0. The summed E-state index contributed by atoms with van der Waals surface area (Å²) in [6.45, 7) is 1.50. The Morgan fingerprint density at radius 3 is 2.76 bits per heavy atom. The quantitative estimate of drug-likeness (QED) is 0.379. The SMILES string of the molecule is Nc1n[nH]c2ccc([C@@H]3Nc4ccc5c(cnn5S(=O)(=O)N5CCOCC5)c4C4C5CCC(C5)[C@H]43)cc12. The number of hydrogen-bond acceptors (Lipinski definition) is 7. The van der Waals surface area contributed by atoms with E-state index in [4.69, 9.17) is 10.5 Å². The molecule has 3 unspecified atom stereocenters. The maximum Gasteiger partial charge on any atom is 0.323 e. The topological polar surface area (TPSA) is 131 Å². The molecule has 10 nitrogen and oxygen atoms in total. The average Bonchev–Trinajstić information content (AvgIpc) is 3.72. The standard InChI is InChI=1S/C26H29N7O3S/c27-26-17-12-16(3-4-19(17)30-31-26)25-23-15-2-1-14(11-15)22(23)24-18-13-28-33(21(18)6-5-20(24)29-25)37(34,35)32-7-9-36-10-8-32/h3-6,12-15,22-23,25,29H,1-2,7-11H2,(H3,27,30,31)/t14?,15?,22?,23-,25+/m1/s1. The first-order valence-electron chi connectivity index (χ1n) is 13.1. The van der Waals surface area contributed by atoms with E-state index >= 15 is 0 Å². The summed E-state index contributed by atoms with van der Waals surface area (Å²) in [6.07, 6.45) is 5.45. The van der Waals surface area contributed by atoms with Crippen LogP contribution in [0.15, 0.2) is 36.5 Å².